The molecule has 25 heavy (non-hydrogen) atoms. The van der Waals surface area contributed by atoms with Crippen LogP contribution in [-0.2, 0) is 9.47 Å². The van der Waals surface area contributed by atoms with Gasteiger partial charge in [-0.15, -0.1) is 0 Å². The zero-order valence-electron chi connectivity index (χ0n) is 19.0. The minimum absolute atomic E-state index is 0.101. The molecule has 0 aromatic carbocycles. The maximum atomic E-state index is 9.23. The van der Waals surface area contributed by atoms with E-state index in [-0.39, 0.29) is 28.7 Å². The second-order valence-electron chi connectivity index (χ2n) is 11.5. The van der Waals surface area contributed by atoms with E-state index in [0.717, 1.165) is 25.9 Å². The summed E-state index contributed by atoms with van der Waals surface area (Å²) in [6.07, 6.45) is 3.65. The fourth-order valence-corrected chi connectivity index (χ4v) is 4.16. The molecule has 0 fully saturated rings. The van der Waals surface area contributed by atoms with Crippen molar-refractivity contribution in [2.24, 2.45) is 10.8 Å². The van der Waals surface area contributed by atoms with Crippen LogP contribution in [0.5, 0.6) is 0 Å². The first-order chi connectivity index (χ1) is 10.9. The average molecular weight is 356 g/mol. The lowest BCUT2D eigenvalue weighted by atomic mass is 9.67. The third kappa shape index (κ3) is 12.9. The van der Waals surface area contributed by atoms with Gasteiger partial charge in [0, 0.05) is 18.7 Å². The van der Waals surface area contributed by atoms with Crippen molar-refractivity contribution in [2.75, 3.05) is 13.2 Å². The summed E-state index contributed by atoms with van der Waals surface area (Å²) in [4.78, 5) is 0. The summed E-state index contributed by atoms with van der Waals surface area (Å²) in [5, 5.41) is 9.23. The van der Waals surface area contributed by atoms with Gasteiger partial charge < -0.3 is 14.6 Å². The Morgan fingerprint density at radius 3 is 1.72 bits per heavy atom. The van der Waals surface area contributed by atoms with E-state index in [4.69, 9.17) is 9.47 Å². The molecule has 1 N–H and O–H groups in total. The predicted octanol–water partition coefficient (Wildman–Crippen LogP) is 4.55. The monoisotopic (exact) mass is 356 g/mol. The van der Waals surface area contributed by atoms with Crippen molar-refractivity contribution < 1.29 is 14.6 Å². The fraction of sp³-hybridized carbons (Fsp3) is 1.00. The van der Waals surface area contributed by atoms with Crippen molar-refractivity contribution in [2.45, 2.75) is 112 Å². The summed E-state index contributed by atoms with van der Waals surface area (Å²) in [6.45, 7) is 22.9. The molecule has 0 radical (unpaired) electrons. The van der Waals surface area contributed by atoms with Gasteiger partial charge in [0.1, 0.15) is 7.85 Å². The highest BCUT2D eigenvalue weighted by molar-refractivity contribution is 6.14. The maximum absolute atomic E-state index is 9.23. The molecular weight excluding hydrogens is 311 g/mol. The van der Waals surface area contributed by atoms with Gasteiger partial charge in [0.2, 0.25) is 0 Å². The summed E-state index contributed by atoms with van der Waals surface area (Å²) in [5.74, 6) is 0. The minimum atomic E-state index is -0.312. The van der Waals surface area contributed by atoms with Crippen molar-refractivity contribution in [1.29, 1.82) is 0 Å². The molecule has 0 aromatic heterocycles. The highest BCUT2D eigenvalue weighted by Gasteiger charge is 2.37. The molecule has 0 bridgehead atoms. The molecule has 0 heterocycles. The van der Waals surface area contributed by atoms with Crippen LogP contribution >= 0.6 is 0 Å². The number of aliphatic hydroxyl groups excluding tert-OH is 1. The second kappa shape index (κ2) is 8.76. The van der Waals surface area contributed by atoms with E-state index in [0.29, 0.717) is 11.8 Å². The Kier molecular flexibility index (Phi) is 8.74. The Bertz CT molecular complexity index is 392. The van der Waals surface area contributed by atoms with Crippen molar-refractivity contribution in [3.63, 3.8) is 0 Å². The number of rotatable bonds is 11. The Morgan fingerprint density at radius 2 is 1.28 bits per heavy atom. The molecule has 3 nitrogen and oxygen atoms in total. The lowest BCUT2D eigenvalue weighted by molar-refractivity contribution is -0.147. The van der Waals surface area contributed by atoms with Crippen LogP contribution in [0.2, 0.25) is 0 Å². The number of ether oxygens (including phenoxy) is 2. The van der Waals surface area contributed by atoms with E-state index >= 15 is 0 Å². The molecule has 1 atom stereocenters. The average Bonchev–Trinajstić information content (AvgIpc) is 2.19. The van der Waals surface area contributed by atoms with Crippen LogP contribution in [-0.4, -0.2) is 42.9 Å². The standard InChI is InChI=1S/C21H45BO3/c1-17(2,3)12-14-24-21(10,22)16-18(4,5)15-20(8,9)25-19(6,7)11-13-23/h23H,11-16,22H2,1-10H3. The first-order valence-corrected chi connectivity index (χ1v) is 9.84. The Morgan fingerprint density at radius 1 is 0.760 bits per heavy atom. The molecule has 0 aliphatic carbocycles. The molecule has 4 heteroatoms. The van der Waals surface area contributed by atoms with Gasteiger partial charge >= 0.3 is 0 Å². The molecule has 1 unspecified atom stereocenters. The normalized spacial score (nSPS) is 16.8. The van der Waals surface area contributed by atoms with Crippen LogP contribution in [0.1, 0.15) is 94.9 Å². The molecule has 0 aliphatic rings. The zero-order chi connectivity index (χ0) is 20.2. The summed E-state index contributed by atoms with van der Waals surface area (Å²) in [5.41, 5.74) is -0.300. The van der Waals surface area contributed by atoms with Crippen LogP contribution in [0, 0.1) is 10.8 Å². The highest BCUT2D eigenvalue weighted by atomic mass is 16.5. The summed E-state index contributed by atoms with van der Waals surface area (Å²) in [6, 6.07) is 0. The van der Waals surface area contributed by atoms with Gasteiger partial charge in [0.05, 0.1) is 11.2 Å². The van der Waals surface area contributed by atoms with E-state index in [9.17, 15) is 5.11 Å². The molecule has 0 aliphatic heterocycles. The van der Waals surface area contributed by atoms with Gasteiger partial charge in [-0.25, -0.2) is 0 Å². The van der Waals surface area contributed by atoms with Crippen molar-refractivity contribution in [3.8, 4) is 0 Å². The quantitative estimate of drug-likeness (QED) is 0.552. The molecule has 0 rings (SSSR count). The zero-order valence-corrected chi connectivity index (χ0v) is 19.0. The lowest BCUT2D eigenvalue weighted by Gasteiger charge is -2.43. The van der Waals surface area contributed by atoms with Gasteiger partial charge in [-0.3, -0.25) is 0 Å². The molecule has 0 amide bonds. The van der Waals surface area contributed by atoms with Crippen LogP contribution in [0.15, 0.2) is 0 Å². The first kappa shape index (κ1) is 24.9. The minimum Gasteiger partial charge on any atom is -0.396 e. The molecule has 150 valence electrons. The number of hydrogen-bond acceptors (Lipinski definition) is 3. The summed E-state index contributed by atoms with van der Waals surface area (Å²) >= 11 is 0. The summed E-state index contributed by atoms with van der Waals surface area (Å²) < 4.78 is 12.6. The maximum Gasteiger partial charge on any atom is 0.142 e. The Labute approximate surface area is 158 Å². The van der Waals surface area contributed by atoms with E-state index in [1.54, 1.807) is 0 Å². The van der Waals surface area contributed by atoms with Crippen molar-refractivity contribution in [1.82, 2.24) is 0 Å². The van der Waals surface area contributed by atoms with Crippen molar-refractivity contribution >= 4 is 7.85 Å². The summed E-state index contributed by atoms with van der Waals surface area (Å²) in [7, 11) is 2.20. The van der Waals surface area contributed by atoms with Crippen LogP contribution < -0.4 is 0 Å². The predicted molar refractivity (Wildman–Crippen MR) is 111 cm³/mol. The molecule has 0 spiro atoms. The van der Waals surface area contributed by atoms with E-state index in [2.05, 4.69) is 77.1 Å². The largest absolute Gasteiger partial charge is 0.396 e. The van der Waals surface area contributed by atoms with Crippen LogP contribution in [0.25, 0.3) is 0 Å². The Balaban J connectivity index is 4.73. The van der Waals surface area contributed by atoms with Gasteiger partial charge in [0.15, 0.2) is 0 Å². The lowest BCUT2D eigenvalue weighted by Crippen LogP contribution is -2.43. The first-order valence-electron chi connectivity index (χ1n) is 9.84. The van der Waals surface area contributed by atoms with E-state index < -0.39 is 0 Å². The SMILES string of the molecule is BC(C)(CC(C)(C)CC(C)(C)OC(C)(C)CCO)OCCC(C)(C)C. The third-order valence-electron chi connectivity index (χ3n) is 4.42. The molecule has 0 saturated carbocycles. The number of hydrogen-bond donors (Lipinski definition) is 1. The number of aliphatic hydroxyl groups is 1. The van der Waals surface area contributed by atoms with Gasteiger partial charge in [-0.2, -0.15) is 0 Å². The smallest absolute Gasteiger partial charge is 0.142 e. The molecular formula is C21H45BO3. The molecule has 0 aromatic rings. The van der Waals surface area contributed by atoms with Crippen LogP contribution in [0.4, 0.5) is 0 Å². The van der Waals surface area contributed by atoms with Gasteiger partial charge in [-0.05, 0) is 71.1 Å². The van der Waals surface area contributed by atoms with E-state index in [1.807, 2.05) is 0 Å². The van der Waals surface area contributed by atoms with Gasteiger partial charge in [-0.1, -0.05) is 34.6 Å². The molecule has 0 saturated heterocycles. The van der Waals surface area contributed by atoms with Crippen molar-refractivity contribution in [3.05, 3.63) is 0 Å². The third-order valence-corrected chi connectivity index (χ3v) is 4.42. The highest BCUT2D eigenvalue weighted by Crippen LogP contribution is 2.39. The fourth-order valence-electron chi connectivity index (χ4n) is 4.16. The van der Waals surface area contributed by atoms with Gasteiger partial charge in [0.25, 0.3) is 0 Å². The van der Waals surface area contributed by atoms with Crippen LogP contribution in [0.3, 0.4) is 0 Å². The Hall–Kier alpha value is -0.0551. The van der Waals surface area contributed by atoms with E-state index in [1.165, 1.54) is 0 Å². The second-order valence-corrected chi connectivity index (χ2v) is 11.5. The topological polar surface area (TPSA) is 38.7 Å².